The number of aryl methyl sites for hydroxylation is 1. The van der Waals surface area contributed by atoms with Crippen LogP contribution in [0.4, 0.5) is 9.59 Å². The Balaban J connectivity index is 2.83. The van der Waals surface area contributed by atoms with E-state index in [1.165, 1.54) is 18.2 Å². The summed E-state index contributed by atoms with van der Waals surface area (Å²) in [5.74, 6) is 0. The lowest BCUT2D eigenvalue weighted by Crippen LogP contribution is -2.47. The Bertz CT molecular complexity index is 638. The topological polar surface area (TPSA) is 95.6 Å². The van der Waals surface area contributed by atoms with E-state index in [2.05, 4.69) is 11.9 Å². The Morgan fingerprint density at radius 2 is 1.86 bits per heavy atom. The molecular formula is C13H17N3O4S. The van der Waals surface area contributed by atoms with E-state index in [9.17, 15) is 18.0 Å². The molecule has 0 unspecified atom stereocenters. The highest BCUT2D eigenvalue weighted by Crippen LogP contribution is 2.14. The van der Waals surface area contributed by atoms with Gasteiger partial charge in [-0.05, 0) is 19.1 Å². The summed E-state index contributed by atoms with van der Waals surface area (Å²) >= 11 is 0. The number of amides is 4. The lowest BCUT2D eigenvalue weighted by molar-refractivity contribution is 0.219. The van der Waals surface area contributed by atoms with Crippen LogP contribution in [-0.4, -0.2) is 38.4 Å². The van der Waals surface area contributed by atoms with Crippen LogP contribution in [0.15, 0.2) is 41.8 Å². The van der Waals surface area contributed by atoms with Crippen LogP contribution < -0.4 is 10.6 Å². The van der Waals surface area contributed by atoms with E-state index < -0.39 is 22.1 Å². The number of sulfonamides is 1. The van der Waals surface area contributed by atoms with E-state index in [4.69, 9.17) is 0 Å². The lowest BCUT2D eigenvalue weighted by Gasteiger charge is -2.17. The highest BCUT2D eigenvalue weighted by Gasteiger charge is 2.26. The quantitative estimate of drug-likeness (QED) is 0.817. The fourth-order valence-electron chi connectivity index (χ4n) is 1.36. The highest BCUT2D eigenvalue weighted by molar-refractivity contribution is 7.89. The van der Waals surface area contributed by atoms with Crippen LogP contribution in [0.3, 0.4) is 0 Å². The Morgan fingerprint density at radius 1 is 1.29 bits per heavy atom. The molecule has 2 N–H and O–H groups in total. The predicted octanol–water partition coefficient (Wildman–Crippen LogP) is 1.22. The first-order valence-corrected chi connectivity index (χ1v) is 7.48. The summed E-state index contributed by atoms with van der Waals surface area (Å²) in [6, 6.07) is 4.19. The largest absolute Gasteiger partial charge is 0.339 e. The van der Waals surface area contributed by atoms with Gasteiger partial charge in [-0.15, -0.1) is 6.58 Å². The third-order valence-corrected chi connectivity index (χ3v) is 4.35. The molecular weight excluding hydrogens is 294 g/mol. The fourth-order valence-corrected chi connectivity index (χ4v) is 2.42. The van der Waals surface area contributed by atoms with Crippen molar-refractivity contribution in [2.24, 2.45) is 0 Å². The summed E-state index contributed by atoms with van der Waals surface area (Å²) in [5, 5.41) is 4.22. The molecule has 0 aliphatic carbocycles. The maximum atomic E-state index is 12.2. The van der Waals surface area contributed by atoms with Crippen LogP contribution in [0.2, 0.25) is 0 Å². The van der Waals surface area contributed by atoms with Crippen LogP contribution in [0.25, 0.3) is 0 Å². The zero-order chi connectivity index (χ0) is 16.0. The van der Waals surface area contributed by atoms with Gasteiger partial charge in [0, 0.05) is 13.6 Å². The molecule has 0 atom stereocenters. The van der Waals surface area contributed by atoms with E-state index in [1.807, 2.05) is 12.2 Å². The van der Waals surface area contributed by atoms with E-state index in [0.29, 0.717) is 4.31 Å². The van der Waals surface area contributed by atoms with Crippen molar-refractivity contribution in [1.82, 2.24) is 14.9 Å². The van der Waals surface area contributed by atoms with E-state index >= 15 is 0 Å². The first-order chi connectivity index (χ1) is 9.78. The number of urea groups is 2. The summed E-state index contributed by atoms with van der Waals surface area (Å²) in [7, 11) is -2.93. The molecule has 0 spiro atoms. The van der Waals surface area contributed by atoms with Crippen LogP contribution in [0.1, 0.15) is 5.56 Å². The van der Waals surface area contributed by atoms with E-state index in [0.717, 1.165) is 12.6 Å². The molecule has 21 heavy (non-hydrogen) atoms. The molecule has 0 heterocycles. The molecule has 114 valence electrons. The van der Waals surface area contributed by atoms with Crippen molar-refractivity contribution in [2.45, 2.75) is 11.8 Å². The number of rotatable bonds is 4. The normalized spacial score (nSPS) is 10.6. The predicted molar refractivity (Wildman–Crippen MR) is 78.3 cm³/mol. The van der Waals surface area contributed by atoms with Crippen LogP contribution in [0.5, 0.6) is 0 Å². The molecule has 1 aromatic rings. The van der Waals surface area contributed by atoms with Gasteiger partial charge in [-0.3, -0.25) is 5.32 Å². The number of imide groups is 1. The number of hydrogen-bond acceptors (Lipinski definition) is 4. The van der Waals surface area contributed by atoms with Crippen molar-refractivity contribution in [1.29, 1.82) is 0 Å². The Labute approximate surface area is 123 Å². The second-order valence-electron chi connectivity index (χ2n) is 4.21. The average Bonchev–Trinajstić information content (AvgIpc) is 2.44. The van der Waals surface area contributed by atoms with Gasteiger partial charge in [-0.25, -0.2) is 22.3 Å². The molecule has 8 heteroatoms. The van der Waals surface area contributed by atoms with Crippen molar-refractivity contribution < 1.29 is 18.0 Å². The van der Waals surface area contributed by atoms with Crippen molar-refractivity contribution in [3.05, 3.63) is 42.5 Å². The highest BCUT2D eigenvalue weighted by atomic mass is 32.2. The summed E-state index contributed by atoms with van der Waals surface area (Å²) in [5.41, 5.74) is 0.893. The lowest BCUT2D eigenvalue weighted by atomic mass is 10.2. The third kappa shape index (κ3) is 4.32. The van der Waals surface area contributed by atoms with Gasteiger partial charge in [0.05, 0.1) is 4.90 Å². The van der Waals surface area contributed by atoms with Crippen molar-refractivity contribution in [3.8, 4) is 0 Å². The minimum Gasteiger partial charge on any atom is -0.334 e. The maximum Gasteiger partial charge on any atom is 0.339 e. The minimum absolute atomic E-state index is 0.0303. The molecule has 4 amide bonds. The van der Waals surface area contributed by atoms with Crippen molar-refractivity contribution in [2.75, 3.05) is 13.6 Å². The molecule has 1 rings (SSSR count). The Morgan fingerprint density at radius 3 is 2.38 bits per heavy atom. The number of nitrogens with zero attached hydrogens (tertiary/aromatic N) is 1. The van der Waals surface area contributed by atoms with E-state index in [-0.39, 0.29) is 11.4 Å². The first-order valence-electron chi connectivity index (χ1n) is 6.04. The number of carbonyl (C=O) groups excluding carboxylic acids is 2. The molecule has 0 fully saturated rings. The molecule has 0 aromatic heterocycles. The second-order valence-corrected chi connectivity index (χ2v) is 6.18. The zero-order valence-corrected chi connectivity index (χ0v) is 12.6. The van der Waals surface area contributed by atoms with Gasteiger partial charge in [0.1, 0.15) is 0 Å². The number of benzene rings is 1. The van der Waals surface area contributed by atoms with Gasteiger partial charge in [-0.2, -0.15) is 0 Å². The minimum atomic E-state index is -4.00. The number of hydrogen-bond donors (Lipinski definition) is 2. The summed E-state index contributed by atoms with van der Waals surface area (Å²) in [6.45, 7) is 5.38. The fraction of sp³-hybridized carbons (Fsp3) is 0.231. The molecule has 0 saturated carbocycles. The average molecular weight is 311 g/mol. The smallest absolute Gasteiger partial charge is 0.334 e. The molecule has 7 nitrogen and oxygen atoms in total. The molecule has 1 aromatic carbocycles. The standard InChI is InChI=1S/C13H17N3O4S/c1-4-9-14-12(17)15-13(18)16(3)21(19,20)11-7-5-10(2)6-8-11/h4-8H,1,9H2,2-3H3,(H2,14,15,17,18). The number of carbonyl (C=O) groups is 2. The van der Waals surface area contributed by atoms with Gasteiger partial charge in [0.15, 0.2) is 0 Å². The van der Waals surface area contributed by atoms with Gasteiger partial charge in [-0.1, -0.05) is 23.8 Å². The van der Waals surface area contributed by atoms with Crippen molar-refractivity contribution in [3.63, 3.8) is 0 Å². The molecule has 0 radical (unpaired) electrons. The zero-order valence-electron chi connectivity index (χ0n) is 11.8. The Hall–Kier alpha value is -2.35. The monoisotopic (exact) mass is 311 g/mol. The molecule has 0 aliphatic heterocycles. The van der Waals surface area contributed by atoms with E-state index in [1.54, 1.807) is 12.1 Å². The SMILES string of the molecule is C=CCNC(=O)NC(=O)N(C)S(=O)(=O)c1ccc(C)cc1. The molecule has 0 aliphatic rings. The van der Waals surface area contributed by atoms with Gasteiger partial charge >= 0.3 is 12.1 Å². The Kier molecular flexibility index (Phi) is 5.48. The summed E-state index contributed by atoms with van der Waals surface area (Å²) in [6.07, 6.45) is 1.43. The van der Waals surface area contributed by atoms with Gasteiger partial charge in [0.2, 0.25) is 0 Å². The van der Waals surface area contributed by atoms with Crippen LogP contribution in [0, 0.1) is 6.92 Å². The third-order valence-electron chi connectivity index (χ3n) is 2.59. The van der Waals surface area contributed by atoms with Crippen LogP contribution in [-0.2, 0) is 10.0 Å². The summed E-state index contributed by atoms with van der Waals surface area (Å²) in [4.78, 5) is 23.0. The van der Waals surface area contributed by atoms with Crippen molar-refractivity contribution >= 4 is 22.1 Å². The first kappa shape index (κ1) is 16.7. The molecule has 0 bridgehead atoms. The van der Waals surface area contributed by atoms with Crippen LogP contribution >= 0.6 is 0 Å². The summed E-state index contributed by atoms with van der Waals surface area (Å²) < 4.78 is 24.9. The maximum absolute atomic E-state index is 12.2. The molecule has 0 saturated heterocycles. The van der Waals surface area contributed by atoms with Gasteiger partial charge < -0.3 is 5.32 Å². The second kappa shape index (κ2) is 6.89. The van der Waals surface area contributed by atoms with Gasteiger partial charge in [0.25, 0.3) is 10.0 Å². The number of nitrogens with one attached hydrogen (secondary N) is 2.